The van der Waals surface area contributed by atoms with Crippen molar-refractivity contribution in [3.05, 3.63) is 63.7 Å². The van der Waals surface area contributed by atoms with Crippen molar-refractivity contribution in [2.24, 2.45) is 0 Å². The van der Waals surface area contributed by atoms with Crippen LogP contribution in [0.25, 0.3) is 16.2 Å². The number of phenols is 2. The molecule has 33 heavy (non-hydrogen) atoms. The predicted octanol–water partition coefficient (Wildman–Crippen LogP) is 3.33. The van der Waals surface area contributed by atoms with Crippen LogP contribution in [-0.2, 0) is 16.0 Å². The molecule has 2 aliphatic rings. The molecule has 170 valence electrons. The van der Waals surface area contributed by atoms with Gasteiger partial charge in [-0.15, -0.1) is 11.8 Å². The molecular formula is C24H21NO7S. The molecule has 0 heterocycles. The van der Waals surface area contributed by atoms with Gasteiger partial charge in [-0.1, -0.05) is 19.1 Å². The molecule has 0 spiro atoms. The van der Waals surface area contributed by atoms with Crippen LogP contribution in [-0.4, -0.2) is 49.9 Å². The second-order valence-corrected chi connectivity index (χ2v) is 8.78. The van der Waals surface area contributed by atoms with Crippen LogP contribution in [0.1, 0.15) is 46.5 Å². The number of carbonyl (C=O) groups is 3. The highest BCUT2D eigenvalue weighted by Crippen LogP contribution is 2.56. The number of rotatable bonds is 6. The van der Waals surface area contributed by atoms with Crippen LogP contribution in [0.15, 0.2) is 35.9 Å². The lowest BCUT2D eigenvalue weighted by molar-refractivity contribution is -0.140. The van der Waals surface area contributed by atoms with Gasteiger partial charge < -0.3 is 25.7 Å². The summed E-state index contributed by atoms with van der Waals surface area (Å²) < 4.78 is 0. The number of thioether (sulfide) groups is 1. The highest BCUT2D eigenvalue weighted by molar-refractivity contribution is 8.08. The summed E-state index contributed by atoms with van der Waals surface area (Å²) in [7, 11) is 0. The minimum Gasteiger partial charge on any atom is -0.507 e. The zero-order valence-corrected chi connectivity index (χ0v) is 18.6. The first-order valence-electron chi connectivity index (χ1n) is 10.2. The standard InChI is InChI=1S/C24H21NO7S/c1-3-11-7-13-17(16(28)8-11)19-20(23(13)33-9-14(24(31)32)25-10(2)26)22(30)18-12(21(19)29)5-4-6-15(18)27/h4-8,14,27-29H,3,9H2,1-2H3,(H,25,26)(H,31,32)/t14-/m1/s1. The summed E-state index contributed by atoms with van der Waals surface area (Å²) >= 11 is 1.03. The number of aromatic hydroxyl groups is 2. The van der Waals surface area contributed by atoms with Crippen molar-refractivity contribution in [1.82, 2.24) is 5.32 Å². The molecule has 8 nitrogen and oxygen atoms in total. The van der Waals surface area contributed by atoms with E-state index in [9.17, 15) is 34.8 Å². The van der Waals surface area contributed by atoms with Gasteiger partial charge in [0, 0.05) is 45.4 Å². The number of hydrogen-bond donors (Lipinski definition) is 5. The number of aliphatic hydroxyl groups excluding tert-OH is 1. The van der Waals surface area contributed by atoms with E-state index < -0.39 is 23.7 Å². The van der Waals surface area contributed by atoms with E-state index in [1.807, 2.05) is 6.92 Å². The lowest BCUT2D eigenvalue weighted by Crippen LogP contribution is -2.41. The molecule has 1 amide bonds. The Balaban J connectivity index is 1.94. The number of aryl methyl sites for hydroxylation is 1. The average Bonchev–Trinajstić information content (AvgIpc) is 3.09. The third-order valence-corrected chi connectivity index (χ3v) is 6.83. The van der Waals surface area contributed by atoms with Gasteiger partial charge in [-0.05, 0) is 30.2 Å². The van der Waals surface area contributed by atoms with E-state index >= 15 is 0 Å². The molecule has 0 bridgehead atoms. The fourth-order valence-electron chi connectivity index (χ4n) is 4.13. The van der Waals surface area contributed by atoms with Crippen LogP contribution in [0.5, 0.6) is 11.5 Å². The van der Waals surface area contributed by atoms with Crippen LogP contribution in [0.2, 0.25) is 0 Å². The Morgan fingerprint density at radius 3 is 2.39 bits per heavy atom. The van der Waals surface area contributed by atoms with Crippen LogP contribution in [0, 0.1) is 0 Å². The van der Waals surface area contributed by atoms with Crippen molar-refractivity contribution in [3.63, 3.8) is 0 Å². The summed E-state index contributed by atoms with van der Waals surface area (Å²) in [5, 5.41) is 44.1. The van der Waals surface area contributed by atoms with Crippen molar-refractivity contribution in [1.29, 1.82) is 0 Å². The summed E-state index contributed by atoms with van der Waals surface area (Å²) in [6.07, 6.45) is 0.595. The number of carboxylic acids is 1. The zero-order valence-electron chi connectivity index (χ0n) is 17.8. The molecule has 2 aliphatic carbocycles. The van der Waals surface area contributed by atoms with Gasteiger partial charge in [0.25, 0.3) is 0 Å². The number of nitrogens with one attached hydrogen (secondary N) is 1. The maximum Gasteiger partial charge on any atom is 0.327 e. The van der Waals surface area contributed by atoms with E-state index in [0.717, 1.165) is 17.3 Å². The monoisotopic (exact) mass is 467 g/mol. The number of aliphatic hydroxyl groups is 1. The Bertz CT molecular complexity index is 1290. The van der Waals surface area contributed by atoms with Gasteiger partial charge in [0.05, 0.1) is 5.56 Å². The van der Waals surface area contributed by atoms with Gasteiger partial charge in [0.2, 0.25) is 5.91 Å². The zero-order chi connectivity index (χ0) is 24.0. The average molecular weight is 467 g/mol. The summed E-state index contributed by atoms with van der Waals surface area (Å²) in [6.45, 7) is 3.11. The minimum atomic E-state index is -1.23. The lowest BCUT2D eigenvalue weighted by Gasteiger charge is -2.20. The van der Waals surface area contributed by atoms with Crippen molar-refractivity contribution >= 4 is 45.7 Å². The van der Waals surface area contributed by atoms with E-state index in [1.165, 1.54) is 25.1 Å². The largest absolute Gasteiger partial charge is 0.507 e. The van der Waals surface area contributed by atoms with Gasteiger partial charge in [-0.25, -0.2) is 4.79 Å². The number of phenolic OH excluding ortho intramolecular Hbond substituents is 2. The molecule has 1 atom stereocenters. The van der Waals surface area contributed by atoms with E-state index in [-0.39, 0.29) is 50.8 Å². The Labute approximate surface area is 193 Å². The molecule has 0 saturated carbocycles. The summed E-state index contributed by atoms with van der Waals surface area (Å²) in [5.41, 5.74) is 1.85. The maximum absolute atomic E-state index is 13.5. The molecule has 2 aromatic carbocycles. The molecule has 0 aliphatic heterocycles. The van der Waals surface area contributed by atoms with Gasteiger partial charge in [0.15, 0.2) is 5.78 Å². The molecule has 5 N–H and O–H groups in total. The molecule has 9 heteroatoms. The molecule has 0 fully saturated rings. The fraction of sp³-hybridized carbons (Fsp3) is 0.208. The molecule has 0 saturated heterocycles. The smallest absolute Gasteiger partial charge is 0.327 e. The van der Waals surface area contributed by atoms with Crippen LogP contribution in [0.4, 0.5) is 0 Å². The van der Waals surface area contributed by atoms with Crippen molar-refractivity contribution in [2.45, 2.75) is 26.3 Å². The second-order valence-electron chi connectivity index (χ2n) is 7.75. The lowest BCUT2D eigenvalue weighted by atomic mass is 9.84. The first kappa shape index (κ1) is 22.5. The highest BCUT2D eigenvalue weighted by Gasteiger charge is 2.42. The molecular weight excluding hydrogens is 446 g/mol. The Hall–Kier alpha value is -3.72. The quantitative estimate of drug-likeness (QED) is 0.435. The first-order valence-corrected chi connectivity index (χ1v) is 11.2. The Morgan fingerprint density at radius 1 is 1.03 bits per heavy atom. The minimum absolute atomic E-state index is 0.0634. The molecule has 0 radical (unpaired) electrons. The van der Waals surface area contributed by atoms with E-state index in [0.29, 0.717) is 16.9 Å². The highest BCUT2D eigenvalue weighted by atomic mass is 32.2. The number of fused-ring (bicyclic) bond motifs is 4. The number of carboxylic acid groups (broad SMARTS) is 1. The number of amides is 1. The number of aliphatic carboxylic acids is 1. The predicted molar refractivity (Wildman–Crippen MR) is 124 cm³/mol. The summed E-state index contributed by atoms with van der Waals surface area (Å²) in [6, 6.07) is 6.48. The van der Waals surface area contributed by atoms with Crippen molar-refractivity contribution in [3.8, 4) is 11.5 Å². The first-order chi connectivity index (χ1) is 15.6. The van der Waals surface area contributed by atoms with Gasteiger partial charge in [-0.3, -0.25) is 9.59 Å². The van der Waals surface area contributed by atoms with E-state index in [1.54, 1.807) is 12.1 Å². The number of allylic oxidation sites excluding steroid dienone is 2. The number of hydrogen-bond acceptors (Lipinski definition) is 7. The third kappa shape index (κ3) is 3.64. The van der Waals surface area contributed by atoms with Gasteiger partial charge in [-0.2, -0.15) is 0 Å². The topological polar surface area (TPSA) is 144 Å². The number of benzene rings is 2. The van der Waals surface area contributed by atoms with Gasteiger partial charge in [0.1, 0.15) is 23.3 Å². The number of Topliss-reactive ketones (excluding diaryl/α,β-unsaturated/α-hetero) is 1. The van der Waals surface area contributed by atoms with E-state index in [4.69, 9.17) is 0 Å². The summed E-state index contributed by atoms with van der Waals surface area (Å²) in [4.78, 5) is 36.9. The fourth-order valence-corrected chi connectivity index (χ4v) is 5.34. The van der Waals surface area contributed by atoms with Crippen molar-refractivity contribution < 1.29 is 34.8 Å². The normalized spacial score (nSPS) is 15.2. The molecule has 4 rings (SSSR count). The van der Waals surface area contributed by atoms with Crippen LogP contribution >= 0.6 is 11.8 Å². The number of ketones is 1. The van der Waals surface area contributed by atoms with Crippen LogP contribution in [0.3, 0.4) is 0 Å². The van der Waals surface area contributed by atoms with E-state index in [2.05, 4.69) is 5.32 Å². The molecule has 0 aromatic heterocycles. The molecule has 0 unspecified atom stereocenters. The van der Waals surface area contributed by atoms with Crippen LogP contribution < -0.4 is 5.32 Å². The summed E-state index contributed by atoms with van der Waals surface area (Å²) in [5.74, 6) is -3.06. The second kappa shape index (κ2) is 8.32. The Morgan fingerprint density at radius 2 is 1.76 bits per heavy atom. The third-order valence-electron chi connectivity index (χ3n) is 5.62. The molecule has 2 aromatic rings. The van der Waals surface area contributed by atoms with Crippen molar-refractivity contribution in [2.75, 3.05) is 5.75 Å². The maximum atomic E-state index is 13.5. The number of carbonyl (C=O) groups excluding carboxylic acids is 2. The Kier molecular flexibility index (Phi) is 5.67. The SMILES string of the molecule is CCc1cc(O)c2c(c1)C(SC[C@@H](NC(C)=O)C(=O)O)=C1C(=O)c3c(O)cccc3C(O)=C12. The van der Waals surface area contributed by atoms with Gasteiger partial charge >= 0.3 is 5.97 Å².